The lowest BCUT2D eigenvalue weighted by molar-refractivity contribution is -0.140. The minimum absolute atomic E-state index is 0.00912. The van der Waals surface area contributed by atoms with E-state index in [9.17, 15) is 9.59 Å². The number of halogens is 2. The van der Waals surface area contributed by atoms with E-state index in [1.807, 2.05) is 44.2 Å². The molecule has 27 heavy (non-hydrogen) atoms. The van der Waals surface area contributed by atoms with Crippen LogP contribution in [0, 0.1) is 0 Å². The van der Waals surface area contributed by atoms with Crippen molar-refractivity contribution in [2.24, 2.45) is 0 Å². The summed E-state index contributed by atoms with van der Waals surface area (Å²) < 4.78 is 0. The number of nitrogens with zero attached hydrogens (tertiary/aromatic N) is 1. The molecule has 0 aromatic heterocycles. The second-order valence-corrected chi connectivity index (χ2v) is 7.60. The number of nitrogens with one attached hydrogen (secondary N) is 1. The quantitative estimate of drug-likeness (QED) is 0.736. The van der Waals surface area contributed by atoms with Gasteiger partial charge in [0.2, 0.25) is 11.8 Å². The van der Waals surface area contributed by atoms with E-state index in [2.05, 4.69) is 5.32 Å². The van der Waals surface area contributed by atoms with Gasteiger partial charge in [0, 0.05) is 22.6 Å². The van der Waals surface area contributed by atoms with E-state index in [0.29, 0.717) is 10.0 Å². The van der Waals surface area contributed by atoms with Crippen LogP contribution in [-0.4, -0.2) is 28.8 Å². The Labute approximate surface area is 170 Å². The van der Waals surface area contributed by atoms with Crippen molar-refractivity contribution in [2.75, 3.05) is 0 Å². The van der Waals surface area contributed by atoms with Crippen LogP contribution in [0.5, 0.6) is 0 Å². The Balaban J connectivity index is 2.26. The van der Waals surface area contributed by atoms with Crippen LogP contribution in [-0.2, 0) is 22.6 Å². The predicted molar refractivity (Wildman–Crippen MR) is 110 cm³/mol. The lowest BCUT2D eigenvalue weighted by Crippen LogP contribution is -2.49. The van der Waals surface area contributed by atoms with E-state index in [1.165, 1.54) is 0 Å². The molecule has 0 aliphatic carbocycles. The first-order valence-corrected chi connectivity index (χ1v) is 9.61. The van der Waals surface area contributed by atoms with Gasteiger partial charge in [0.15, 0.2) is 0 Å². The largest absolute Gasteiger partial charge is 0.352 e. The number of hydrogen-bond donors (Lipinski definition) is 1. The first-order chi connectivity index (χ1) is 12.8. The molecule has 0 aliphatic rings. The normalized spacial score (nSPS) is 11.9. The highest BCUT2D eigenvalue weighted by atomic mass is 35.5. The van der Waals surface area contributed by atoms with Crippen LogP contribution >= 0.6 is 23.2 Å². The fraction of sp³-hybridized carbons (Fsp3) is 0.333. The molecule has 1 unspecified atom stereocenters. The number of carbonyl (C=O) groups is 2. The fourth-order valence-electron chi connectivity index (χ4n) is 2.69. The first kappa shape index (κ1) is 21.3. The minimum atomic E-state index is -0.629. The predicted octanol–water partition coefficient (Wildman–Crippen LogP) is 4.48. The maximum Gasteiger partial charge on any atom is 0.242 e. The molecule has 4 nitrogen and oxygen atoms in total. The van der Waals surface area contributed by atoms with Crippen molar-refractivity contribution in [1.29, 1.82) is 0 Å². The second-order valence-electron chi connectivity index (χ2n) is 6.76. The average molecular weight is 407 g/mol. The van der Waals surface area contributed by atoms with Crippen LogP contribution in [0.2, 0.25) is 10.0 Å². The smallest absolute Gasteiger partial charge is 0.242 e. The van der Waals surface area contributed by atoms with Crippen molar-refractivity contribution >= 4 is 35.0 Å². The number of rotatable bonds is 7. The van der Waals surface area contributed by atoms with Gasteiger partial charge in [-0.15, -0.1) is 0 Å². The summed E-state index contributed by atoms with van der Waals surface area (Å²) in [5.74, 6) is -0.338. The molecule has 1 atom stereocenters. The van der Waals surface area contributed by atoms with Gasteiger partial charge in [-0.05, 0) is 44.0 Å². The van der Waals surface area contributed by atoms with E-state index in [4.69, 9.17) is 23.2 Å². The third-order valence-electron chi connectivity index (χ3n) is 4.15. The van der Waals surface area contributed by atoms with Crippen molar-refractivity contribution in [3.05, 3.63) is 69.7 Å². The summed E-state index contributed by atoms with van der Waals surface area (Å²) in [4.78, 5) is 27.1. The topological polar surface area (TPSA) is 49.4 Å². The SMILES string of the molecule is CC(C)NC(=O)C(C)N(Cc1ccc(Cl)cc1Cl)C(=O)Cc1ccccc1. The van der Waals surface area contributed by atoms with Gasteiger partial charge >= 0.3 is 0 Å². The molecule has 1 N–H and O–H groups in total. The Hall–Kier alpha value is -2.04. The van der Waals surface area contributed by atoms with Crippen molar-refractivity contribution in [3.8, 4) is 0 Å². The summed E-state index contributed by atoms with van der Waals surface area (Å²) in [6.07, 6.45) is 0.214. The van der Waals surface area contributed by atoms with Gasteiger partial charge in [0.05, 0.1) is 6.42 Å². The van der Waals surface area contributed by atoms with E-state index < -0.39 is 6.04 Å². The molecule has 0 saturated heterocycles. The summed E-state index contributed by atoms with van der Waals surface area (Å²) in [5.41, 5.74) is 1.64. The van der Waals surface area contributed by atoms with Gasteiger partial charge in [-0.25, -0.2) is 0 Å². The molecule has 0 heterocycles. The molecule has 0 saturated carbocycles. The standard InChI is InChI=1S/C21H24Cl2N2O2/c1-14(2)24-21(27)15(3)25(13-17-9-10-18(22)12-19(17)23)20(26)11-16-7-5-4-6-8-16/h4-10,12,14-15H,11,13H2,1-3H3,(H,24,27). The fourth-order valence-corrected chi connectivity index (χ4v) is 3.16. The van der Waals surface area contributed by atoms with E-state index in [-0.39, 0.29) is 30.8 Å². The van der Waals surface area contributed by atoms with Crippen LogP contribution in [0.25, 0.3) is 0 Å². The van der Waals surface area contributed by atoms with Crippen molar-refractivity contribution in [1.82, 2.24) is 10.2 Å². The highest BCUT2D eigenvalue weighted by Crippen LogP contribution is 2.23. The lowest BCUT2D eigenvalue weighted by Gasteiger charge is -2.30. The first-order valence-electron chi connectivity index (χ1n) is 8.85. The van der Waals surface area contributed by atoms with Crippen molar-refractivity contribution < 1.29 is 9.59 Å². The van der Waals surface area contributed by atoms with Gasteiger partial charge in [-0.3, -0.25) is 9.59 Å². The highest BCUT2D eigenvalue weighted by molar-refractivity contribution is 6.35. The monoisotopic (exact) mass is 406 g/mol. The Morgan fingerprint density at radius 2 is 1.70 bits per heavy atom. The van der Waals surface area contributed by atoms with Crippen molar-refractivity contribution in [3.63, 3.8) is 0 Å². The number of benzene rings is 2. The zero-order chi connectivity index (χ0) is 20.0. The van der Waals surface area contributed by atoms with Crippen LogP contribution in [0.3, 0.4) is 0 Å². The molecule has 2 aromatic rings. The summed E-state index contributed by atoms with van der Waals surface area (Å²) in [6, 6.07) is 14.0. The van der Waals surface area contributed by atoms with E-state index >= 15 is 0 Å². The molecule has 0 aliphatic heterocycles. The van der Waals surface area contributed by atoms with Crippen molar-refractivity contribution in [2.45, 2.75) is 45.8 Å². The number of hydrogen-bond acceptors (Lipinski definition) is 2. The minimum Gasteiger partial charge on any atom is -0.352 e. The maximum absolute atomic E-state index is 13.0. The maximum atomic E-state index is 13.0. The molecule has 2 rings (SSSR count). The van der Waals surface area contributed by atoms with Crippen LogP contribution in [0.4, 0.5) is 0 Å². The summed E-state index contributed by atoms with van der Waals surface area (Å²) in [7, 11) is 0. The van der Waals surface area contributed by atoms with Crippen LogP contribution in [0.1, 0.15) is 31.9 Å². The summed E-state index contributed by atoms with van der Waals surface area (Å²) >= 11 is 12.2. The van der Waals surface area contributed by atoms with Gasteiger partial charge in [0.25, 0.3) is 0 Å². The Kier molecular flexibility index (Phi) is 7.69. The molecule has 0 bridgehead atoms. The van der Waals surface area contributed by atoms with Crippen LogP contribution in [0.15, 0.2) is 48.5 Å². The molecular weight excluding hydrogens is 383 g/mol. The van der Waals surface area contributed by atoms with Gasteiger partial charge in [-0.1, -0.05) is 59.6 Å². The van der Waals surface area contributed by atoms with Gasteiger partial charge in [-0.2, -0.15) is 0 Å². The molecule has 0 spiro atoms. The molecule has 2 aromatic carbocycles. The zero-order valence-electron chi connectivity index (χ0n) is 15.7. The Bertz CT molecular complexity index is 794. The molecular formula is C21H24Cl2N2O2. The highest BCUT2D eigenvalue weighted by Gasteiger charge is 2.27. The van der Waals surface area contributed by atoms with Gasteiger partial charge < -0.3 is 10.2 Å². The molecule has 0 radical (unpaired) electrons. The van der Waals surface area contributed by atoms with Crippen LogP contribution < -0.4 is 5.32 Å². The third-order valence-corrected chi connectivity index (χ3v) is 4.74. The Morgan fingerprint density at radius 1 is 1.04 bits per heavy atom. The zero-order valence-corrected chi connectivity index (χ0v) is 17.2. The third kappa shape index (κ3) is 6.26. The molecule has 144 valence electrons. The van der Waals surface area contributed by atoms with E-state index in [0.717, 1.165) is 11.1 Å². The molecule has 2 amide bonds. The summed E-state index contributed by atoms with van der Waals surface area (Å²) in [6.45, 7) is 5.73. The Morgan fingerprint density at radius 3 is 2.30 bits per heavy atom. The lowest BCUT2D eigenvalue weighted by atomic mass is 10.1. The second kappa shape index (κ2) is 9.77. The summed E-state index contributed by atoms with van der Waals surface area (Å²) in [5, 5.41) is 3.86. The number of amides is 2. The van der Waals surface area contributed by atoms with Gasteiger partial charge in [0.1, 0.15) is 6.04 Å². The number of carbonyl (C=O) groups excluding carboxylic acids is 2. The average Bonchev–Trinajstić information content (AvgIpc) is 2.60. The molecule has 0 fully saturated rings. The van der Waals surface area contributed by atoms with E-state index in [1.54, 1.807) is 30.0 Å². The molecule has 6 heteroatoms.